The van der Waals surface area contributed by atoms with Crippen molar-refractivity contribution >= 4 is 12.3 Å². The van der Waals surface area contributed by atoms with Crippen LogP contribution in [0.2, 0.25) is 0 Å². The van der Waals surface area contributed by atoms with Crippen LogP contribution in [0.1, 0.15) is 5.69 Å². The van der Waals surface area contributed by atoms with E-state index in [1.807, 2.05) is 0 Å². The van der Waals surface area contributed by atoms with Crippen molar-refractivity contribution in [3.05, 3.63) is 11.9 Å². The van der Waals surface area contributed by atoms with Crippen LogP contribution in [0.4, 0.5) is 3.89 Å². The van der Waals surface area contributed by atoms with Gasteiger partial charge in [0.25, 0.3) is 0 Å². The molecule has 0 spiro atoms. The summed E-state index contributed by atoms with van der Waals surface area (Å²) in [6.07, 6.45) is 1.49. The molecule has 0 aliphatic rings. The number of hydrogen-bond acceptors (Lipinski definition) is 3. The molecule has 0 amide bonds. The van der Waals surface area contributed by atoms with Gasteiger partial charge in [0.05, 0.1) is 13.3 Å². The summed E-state index contributed by atoms with van der Waals surface area (Å²) in [5.74, 6) is 0.602. The summed E-state index contributed by atoms with van der Waals surface area (Å²) in [6, 6.07) is 0. The Balaban J connectivity index is 2.92. The highest BCUT2D eigenvalue weighted by atomic mass is 32.2. The van der Waals surface area contributed by atoms with Crippen molar-refractivity contribution in [2.75, 3.05) is 7.11 Å². The van der Waals surface area contributed by atoms with Gasteiger partial charge in [-0.3, -0.25) is 0 Å². The fourth-order valence-corrected chi connectivity index (χ4v) is 0.944. The van der Waals surface area contributed by atoms with Gasteiger partial charge in [-0.25, -0.2) is 0 Å². The van der Waals surface area contributed by atoms with E-state index in [9.17, 15) is 3.89 Å². The molecule has 5 heteroatoms. The van der Waals surface area contributed by atoms with E-state index in [2.05, 4.69) is 5.10 Å². The number of aryl methyl sites for hydroxylation is 1. The Morgan fingerprint density at radius 3 is 2.80 bits per heavy atom. The van der Waals surface area contributed by atoms with Crippen molar-refractivity contribution in [3.8, 4) is 5.75 Å². The van der Waals surface area contributed by atoms with Crippen molar-refractivity contribution in [2.24, 2.45) is 0 Å². The number of ether oxygens (including phenoxy) is 1. The highest BCUT2D eigenvalue weighted by Gasteiger charge is 2.03. The molecule has 0 N–H and O–H groups in total. The van der Waals surface area contributed by atoms with Crippen LogP contribution in [-0.2, 0) is 0 Å². The summed E-state index contributed by atoms with van der Waals surface area (Å²) < 4.78 is 17.8. The average molecular weight is 162 g/mol. The predicted octanol–water partition coefficient (Wildman–Crippen LogP) is 1.58. The zero-order valence-electron chi connectivity index (χ0n) is 5.67. The van der Waals surface area contributed by atoms with Crippen molar-refractivity contribution in [2.45, 2.75) is 6.92 Å². The maximum absolute atomic E-state index is 11.8. The molecule has 0 saturated heterocycles. The summed E-state index contributed by atoms with van der Waals surface area (Å²) in [5.41, 5.74) is 0.688. The lowest BCUT2D eigenvalue weighted by molar-refractivity contribution is 0.412. The van der Waals surface area contributed by atoms with Crippen LogP contribution in [0.3, 0.4) is 0 Å². The topological polar surface area (TPSA) is 27.1 Å². The highest BCUT2D eigenvalue weighted by Crippen LogP contribution is 2.18. The summed E-state index contributed by atoms with van der Waals surface area (Å²) >= 11 is 0.0447. The quantitative estimate of drug-likeness (QED) is 0.660. The summed E-state index contributed by atoms with van der Waals surface area (Å²) in [4.78, 5) is 0. The van der Waals surface area contributed by atoms with Gasteiger partial charge in [0.1, 0.15) is 5.69 Å². The van der Waals surface area contributed by atoms with E-state index in [4.69, 9.17) is 4.74 Å². The normalized spacial score (nSPS) is 9.90. The molecule has 0 aromatic carbocycles. The second-order valence-electron chi connectivity index (χ2n) is 1.75. The lowest BCUT2D eigenvalue weighted by atomic mass is 10.5. The second-order valence-corrected chi connectivity index (χ2v) is 2.27. The summed E-state index contributed by atoms with van der Waals surface area (Å²) in [7, 11) is 1.53. The first-order valence-electron chi connectivity index (χ1n) is 2.67. The molecule has 1 heterocycles. The number of methoxy groups -OCH3 is 1. The van der Waals surface area contributed by atoms with Gasteiger partial charge in [0, 0.05) is 0 Å². The predicted molar refractivity (Wildman–Crippen MR) is 37.6 cm³/mol. The molecule has 3 nitrogen and oxygen atoms in total. The van der Waals surface area contributed by atoms with Gasteiger partial charge in [-0.05, 0) is 6.92 Å². The zero-order chi connectivity index (χ0) is 7.56. The Labute approximate surface area is 62.6 Å². The van der Waals surface area contributed by atoms with Gasteiger partial charge in [-0.15, -0.1) is 3.89 Å². The van der Waals surface area contributed by atoms with E-state index < -0.39 is 0 Å². The molecule has 0 aliphatic heterocycles. The Morgan fingerprint density at radius 2 is 2.50 bits per heavy atom. The molecular formula is C5H7FN2OS. The average Bonchev–Trinajstić information content (AvgIpc) is 2.30. The maximum Gasteiger partial charge on any atom is 0.187 e. The fraction of sp³-hybridized carbons (Fsp3) is 0.400. The van der Waals surface area contributed by atoms with Gasteiger partial charge in [0.2, 0.25) is 0 Å². The second kappa shape index (κ2) is 2.92. The number of halogens is 1. The number of hydrogen-bond donors (Lipinski definition) is 0. The van der Waals surface area contributed by atoms with Gasteiger partial charge >= 0.3 is 0 Å². The van der Waals surface area contributed by atoms with Crippen LogP contribution < -0.4 is 4.74 Å². The molecule has 0 aliphatic carbocycles. The lowest BCUT2D eigenvalue weighted by Crippen LogP contribution is -1.82. The Kier molecular flexibility index (Phi) is 2.16. The minimum Gasteiger partial charge on any atom is -0.493 e. The summed E-state index contributed by atoms with van der Waals surface area (Å²) in [5, 5.41) is 3.78. The molecule has 0 saturated carbocycles. The van der Waals surface area contributed by atoms with E-state index in [0.29, 0.717) is 11.4 Å². The van der Waals surface area contributed by atoms with E-state index in [1.54, 1.807) is 6.92 Å². The van der Waals surface area contributed by atoms with E-state index in [-0.39, 0.29) is 12.3 Å². The molecule has 56 valence electrons. The Hall–Kier alpha value is -0.710. The third-order valence-electron chi connectivity index (χ3n) is 1.12. The molecule has 1 rings (SSSR count). The van der Waals surface area contributed by atoms with Crippen LogP contribution >= 0.6 is 12.3 Å². The molecule has 0 radical (unpaired) electrons. The van der Waals surface area contributed by atoms with Crippen molar-refractivity contribution in [1.82, 2.24) is 9.19 Å². The van der Waals surface area contributed by atoms with E-state index in [1.165, 1.54) is 13.3 Å². The molecular weight excluding hydrogens is 155 g/mol. The molecule has 0 unspecified atom stereocenters. The molecule has 1 aromatic heterocycles. The van der Waals surface area contributed by atoms with Crippen LogP contribution in [-0.4, -0.2) is 16.3 Å². The first-order valence-corrected chi connectivity index (χ1v) is 3.34. The number of rotatable bonds is 2. The van der Waals surface area contributed by atoms with Crippen LogP contribution in [0.15, 0.2) is 6.20 Å². The van der Waals surface area contributed by atoms with Crippen LogP contribution in [0.5, 0.6) is 5.75 Å². The van der Waals surface area contributed by atoms with Crippen molar-refractivity contribution in [1.29, 1.82) is 0 Å². The third-order valence-corrected chi connectivity index (χ3v) is 1.45. The van der Waals surface area contributed by atoms with Gasteiger partial charge in [-0.2, -0.15) is 9.19 Å². The Morgan fingerprint density at radius 1 is 1.80 bits per heavy atom. The minimum absolute atomic E-state index is 0.0447. The molecule has 1 aromatic rings. The maximum atomic E-state index is 11.8. The smallest absolute Gasteiger partial charge is 0.187 e. The SMILES string of the molecule is COc1cn(SF)nc1C. The monoisotopic (exact) mass is 162 g/mol. The minimum atomic E-state index is 0.0447. The van der Waals surface area contributed by atoms with E-state index in [0.717, 1.165) is 4.09 Å². The summed E-state index contributed by atoms with van der Waals surface area (Å²) in [6.45, 7) is 1.76. The first kappa shape index (κ1) is 7.40. The van der Waals surface area contributed by atoms with E-state index >= 15 is 0 Å². The largest absolute Gasteiger partial charge is 0.493 e. The Bertz CT molecular complexity index is 225. The van der Waals surface area contributed by atoms with Gasteiger partial charge in [0.15, 0.2) is 18.1 Å². The van der Waals surface area contributed by atoms with Gasteiger partial charge < -0.3 is 4.74 Å². The molecule has 0 fully saturated rings. The fourth-order valence-electron chi connectivity index (χ4n) is 0.655. The zero-order valence-corrected chi connectivity index (χ0v) is 6.48. The molecule has 0 atom stereocenters. The van der Waals surface area contributed by atoms with Gasteiger partial charge in [-0.1, -0.05) is 0 Å². The number of nitrogens with zero attached hydrogens (tertiary/aromatic N) is 2. The van der Waals surface area contributed by atoms with Crippen molar-refractivity contribution < 1.29 is 8.62 Å². The standard InChI is InChI=1S/C5H7FN2OS/c1-4-5(9-2)3-8(7-4)10-6/h3H,1-2H3. The first-order chi connectivity index (χ1) is 4.77. The molecule has 0 bridgehead atoms. The lowest BCUT2D eigenvalue weighted by Gasteiger charge is -1.90. The highest BCUT2D eigenvalue weighted by molar-refractivity contribution is 7.92. The molecule has 10 heavy (non-hydrogen) atoms. The third kappa shape index (κ3) is 1.23. The van der Waals surface area contributed by atoms with Crippen molar-refractivity contribution in [3.63, 3.8) is 0 Å². The number of aromatic nitrogens is 2. The van der Waals surface area contributed by atoms with Crippen LogP contribution in [0, 0.1) is 6.92 Å². The van der Waals surface area contributed by atoms with Crippen LogP contribution in [0.25, 0.3) is 0 Å².